The number of hydrogen-bond donors (Lipinski definition) is 1. The van der Waals surface area contributed by atoms with Gasteiger partial charge in [-0.15, -0.1) is 0 Å². The molecule has 0 aliphatic rings. The molecule has 0 saturated heterocycles. The zero-order valence-electron chi connectivity index (χ0n) is 21.9. The molecular formula is C27H39N3O5S. The third-order valence-electron chi connectivity index (χ3n) is 6.16. The number of para-hydroxylation sites is 2. The van der Waals surface area contributed by atoms with Crippen molar-refractivity contribution < 1.29 is 22.7 Å². The summed E-state index contributed by atoms with van der Waals surface area (Å²) in [7, 11) is -2.11. The summed E-state index contributed by atoms with van der Waals surface area (Å²) in [5.41, 5.74) is 1.50. The van der Waals surface area contributed by atoms with Crippen LogP contribution in [0.15, 0.2) is 54.6 Å². The van der Waals surface area contributed by atoms with Gasteiger partial charge in [-0.3, -0.25) is 13.9 Å². The van der Waals surface area contributed by atoms with Gasteiger partial charge in [0.1, 0.15) is 11.8 Å². The molecule has 0 aromatic heterocycles. The van der Waals surface area contributed by atoms with Crippen molar-refractivity contribution in [3.63, 3.8) is 0 Å². The van der Waals surface area contributed by atoms with Gasteiger partial charge in [-0.25, -0.2) is 8.42 Å². The Morgan fingerprint density at radius 2 is 1.64 bits per heavy atom. The van der Waals surface area contributed by atoms with E-state index >= 15 is 0 Å². The zero-order chi connectivity index (χ0) is 26.7. The number of benzene rings is 2. The van der Waals surface area contributed by atoms with Gasteiger partial charge in [0.05, 0.1) is 19.1 Å². The van der Waals surface area contributed by atoms with Gasteiger partial charge in [0, 0.05) is 25.6 Å². The second-order valence-electron chi connectivity index (χ2n) is 8.93. The Labute approximate surface area is 215 Å². The van der Waals surface area contributed by atoms with Crippen molar-refractivity contribution >= 4 is 27.5 Å². The molecule has 36 heavy (non-hydrogen) atoms. The predicted molar refractivity (Wildman–Crippen MR) is 144 cm³/mol. The number of carbonyl (C=O) groups is 2. The molecule has 2 amide bonds. The summed E-state index contributed by atoms with van der Waals surface area (Å²) in [4.78, 5) is 27.7. The first-order valence-electron chi connectivity index (χ1n) is 12.3. The minimum atomic E-state index is -3.60. The minimum absolute atomic E-state index is 0.00944. The Kier molecular flexibility index (Phi) is 11.2. The first-order valence-corrected chi connectivity index (χ1v) is 14.2. The van der Waals surface area contributed by atoms with Gasteiger partial charge in [0.15, 0.2) is 0 Å². The SMILES string of the molecule is CC[C@H](C)NC(=O)[C@H](C)N(CCc1ccccc1)C(=O)CCCN(c1ccccc1OC)S(C)(=O)=O. The number of ether oxygens (including phenoxy) is 1. The second-order valence-corrected chi connectivity index (χ2v) is 10.8. The number of anilines is 1. The van der Waals surface area contributed by atoms with Gasteiger partial charge in [0.25, 0.3) is 0 Å². The van der Waals surface area contributed by atoms with Gasteiger partial charge in [-0.05, 0) is 50.8 Å². The van der Waals surface area contributed by atoms with Crippen molar-refractivity contribution in [1.29, 1.82) is 0 Å². The van der Waals surface area contributed by atoms with Crippen molar-refractivity contribution in [2.45, 2.75) is 58.5 Å². The molecule has 0 unspecified atom stereocenters. The van der Waals surface area contributed by atoms with Crippen LogP contribution in [0, 0.1) is 0 Å². The van der Waals surface area contributed by atoms with Crippen LogP contribution in [-0.2, 0) is 26.0 Å². The van der Waals surface area contributed by atoms with E-state index in [9.17, 15) is 18.0 Å². The summed E-state index contributed by atoms with van der Waals surface area (Å²) in [5.74, 6) is 0.0535. The lowest BCUT2D eigenvalue weighted by Gasteiger charge is -2.30. The number of carbonyl (C=O) groups excluding carboxylic acids is 2. The van der Waals surface area contributed by atoms with E-state index in [1.807, 2.05) is 44.2 Å². The Balaban J connectivity index is 2.14. The molecule has 2 aromatic carbocycles. The molecule has 2 rings (SSSR count). The van der Waals surface area contributed by atoms with E-state index in [4.69, 9.17) is 4.74 Å². The van der Waals surface area contributed by atoms with Crippen LogP contribution in [0.4, 0.5) is 5.69 Å². The van der Waals surface area contributed by atoms with E-state index in [-0.39, 0.29) is 30.8 Å². The molecule has 2 atom stereocenters. The summed E-state index contributed by atoms with van der Waals surface area (Å²) in [6.45, 7) is 6.16. The standard InChI is InChI=1S/C27H39N3O5S/c1-6-21(2)28-27(32)22(3)29(20-18-23-13-8-7-9-14-23)26(31)17-12-19-30(36(5,33)34)24-15-10-11-16-25(24)35-4/h7-11,13-16,21-22H,6,12,17-20H2,1-5H3,(H,28,32)/t21-,22-/m0/s1. The largest absolute Gasteiger partial charge is 0.495 e. The third-order valence-corrected chi connectivity index (χ3v) is 7.34. The maximum absolute atomic E-state index is 13.3. The van der Waals surface area contributed by atoms with Gasteiger partial charge >= 0.3 is 0 Å². The highest BCUT2D eigenvalue weighted by Crippen LogP contribution is 2.29. The van der Waals surface area contributed by atoms with Crippen molar-refractivity contribution in [2.75, 3.05) is 30.8 Å². The molecule has 0 heterocycles. The van der Waals surface area contributed by atoms with Crippen molar-refractivity contribution in [3.05, 3.63) is 60.2 Å². The van der Waals surface area contributed by atoms with Crippen molar-refractivity contribution in [1.82, 2.24) is 10.2 Å². The fourth-order valence-electron chi connectivity index (χ4n) is 3.85. The molecule has 0 fully saturated rings. The Bertz CT molecular complexity index is 1090. The van der Waals surface area contributed by atoms with Crippen LogP contribution in [0.1, 0.15) is 45.6 Å². The molecule has 0 radical (unpaired) electrons. The first kappa shape index (κ1) is 29.2. The van der Waals surface area contributed by atoms with Crippen molar-refractivity contribution in [3.8, 4) is 5.75 Å². The maximum Gasteiger partial charge on any atom is 0.242 e. The first-order chi connectivity index (χ1) is 17.1. The molecule has 0 spiro atoms. The van der Waals surface area contributed by atoms with Crippen LogP contribution in [0.3, 0.4) is 0 Å². The summed E-state index contributed by atoms with van der Waals surface area (Å²) >= 11 is 0. The maximum atomic E-state index is 13.3. The molecule has 9 heteroatoms. The molecule has 0 aliphatic carbocycles. The molecule has 0 aliphatic heterocycles. The third kappa shape index (κ3) is 8.55. The van der Waals surface area contributed by atoms with Crippen LogP contribution in [0.5, 0.6) is 5.75 Å². The van der Waals surface area contributed by atoms with Crippen LogP contribution in [-0.4, -0.2) is 63.7 Å². The van der Waals surface area contributed by atoms with Gasteiger partial charge < -0.3 is 15.0 Å². The smallest absolute Gasteiger partial charge is 0.242 e. The predicted octanol–water partition coefficient (Wildman–Crippen LogP) is 3.62. The average molecular weight is 518 g/mol. The number of hydrogen-bond acceptors (Lipinski definition) is 5. The summed E-state index contributed by atoms with van der Waals surface area (Å²) < 4.78 is 31.6. The Morgan fingerprint density at radius 1 is 1.00 bits per heavy atom. The number of sulfonamides is 1. The molecule has 0 bridgehead atoms. The topological polar surface area (TPSA) is 96.0 Å². The summed E-state index contributed by atoms with van der Waals surface area (Å²) in [6, 6.07) is 16.0. The van der Waals surface area contributed by atoms with Crippen LogP contribution < -0.4 is 14.4 Å². The normalized spacial score (nSPS) is 12.9. The zero-order valence-corrected chi connectivity index (χ0v) is 22.8. The number of methoxy groups -OCH3 is 1. The molecule has 8 nitrogen and oxygen atoms in total. The molecule has 198 valence electrons. The van der Waals surface area contributed by atoms with E-state index in [2.05, 4.69) is 5.32 Å². The Hall–Kier alpha value is -3.07. The Morgan fingerprint density at radius 3 is 2.25 bits per heavy atom. The highest BCUT2D eigenvalue weighted by molar-refractivity contribution is 7.92. The van der Waals surface area contributed by atoms with Crippen LogP contribution >= 0.6 is 0 Å². The number of nitrogens with zero attached hydrogens (tertiary/aromatic N) is 2. The van der Waals surface area contributed by atoms with Gasteiger partial charge in [-0.2, -0.15) is 0 Å². The van der Waals surface area contributed by atoms with Crippen LogP contribution in [0.25, 0.3) is 0 Å². The number of nitrogens with one attached hydrogen (secondary N) is 1. The summed E-state index contributed by atoms with van der Waals surface area (Å²) in [5, 5.41) is 2.96. The van der Waals surface area contributed by atoms with E-state index in [1.165, 1.54) is 11.4 Å². The van der Waals surface area contributed by atoms with Crippen molar-refractivity contribution in [2.24, 2.45) is 0 Å². The van der Waals surface area contributed by atoms with Crippen LogP contribution in [0.2, 0.25) is 0 Å². The second kappa shape index (κ2) is 13.9. The average Bonchev–Trinajstić information content (AvgIpc) is 2.86. The molecule has 2 aromatic rings. The molecular weight excluding hydrogens is 478 g/mol. The molecule has 1 N–H and O–H groups in total. The summed E-state index contributed by atoms with van der Waals surface area (Å²) in [6.07, 6.45) is 2.95. The number of rotatable bonds is 14. The van der Waals surface area contributed by atoms with E-state index in [0.29, 0.717) is 30.8 Å². The highest BCUT2D eigenvalue weighted by atomic mass is 32.2. The van der Waals surface area contributed by atoms with E-state index in [1.54, 1.807) is 36.1 Å². The van der Waals surface area contributed by atoms with E-state index < -0.39 is 16.1 Å². The van der Waals surface area contributed by atoms with E-state index in [0.717, 1.165) is 18.2 Å². The minimum Gasteiger partial charge on any atom is -0.495 e. The fourth-order valence-corrected chi connectivity index (χ4v) is 4.82. The molecule has 0 saturated carbocycles. The lowest BCUT2D eigenvalue weighted by molar-refractivity contribution is -0.140. The number of amides is 2. The van der Waals surface area contributed by atoms with Gasteiger partial charge in [0.2, 0.25) is 21.8 Å². The highest BCUT2D eigenvalue weighted by Gasteiger charge is 2.27. The fraction of sp³-hybridized carbons (Fsp3) is 0.481. The quantitative estimate of drug-likeness (QED) is 0.413. The monoisotopic (exact) mass is 517 g/mol. The van der Waals surface area contributed by atoms with Gasteiger partial charge in [-0.1, -0.05) is 49.4 Å². The lowest BCUT2D eigenvalue weighted by Crippen LogP contribution is -2.50. The lowest BCUT2D eigenvalue weighted by atomic mass is 10.1.